The number of nitrogens with one attached hydrogen (secondary N) is 1. The summed E-state index contributed by atoms with van der Waals surface area (Å²) in [5.74, 6) is 5.27. The van der Waals surface area contributed by atoms with Gasteiger partial charge in [-0.05, 0) is 37.6 Å². The lowest BCUT2D eigenvalue weighted by atomic mass is 9.95. The highest BCUT2D eigenvalue weighted by Crippen LogP contribution is 2.48. The van der Waals surface area contributed by atoms with Crippen LogP contribution in [0.4, 0.5) is 0 Å². The van der Waals surface area contributed by atoms with Crippen LogP contribution in [-0.4, -0.2) is 24.7 Å². The molecule has 2 rings (SSSR count). The van der Waals surface area contributed by atoms with E-state index in [0.29, 0.717) is 6.54 Å². The summed E-state index contributed by atoms with van der Waals surface area (Å²) < 4.78 is 0. The molecule has 0 heterocycles. The second-order valence-corrected chi connectivity index (χ2v) is 4.30. The lowest BCUT2D eigenvalue weighted by Crippen LogP contribution is -2.19. The fourth-order valence-electron chi connectivity index (χ4n) is 1.88. The minimum Gasteiger partial charge on any atom is -0.481 e. The molecule has 0 amide bonds. The fraction of sp³-hybridized carbons (Fsp3) is 0.357. The highest BCUT2D eigenvalue weighted by atomic mass is 16.4. The maximum absolute atomic E-state index is 11.2. The Bertz CT molecular complexity index is 492. The Hall–Kier alpha value is -1.79. The first-order valence-corrected chi connectivity index (χ1v) is 5.66. The summed E-state index contributed by atoms with van der Waals surface area (Å²) in [6.07, 6.45) is 1.46. The molecule has 3 nitrogen and oxygen atoms in total. The highest BCUT2D eigenvalue weighted by Gasteiger charge is 2.51. The third-order valence-corrected chi connectivity index (χ3v) is 3.07. The van der Waals surface area contributed by atoms with E-state index in [4.69, 9.17) is 0 Å². The monoisotopic (exact) mass is 229 g/mol. The Morgan fingerprint density at radius 2 is 2.29 bits per heavy atom. The molecule has 0 radical (unpaired) electrons. The molecule has 1 aromatic carbocycles. The molecule has 17 heavy (non-hydrogen) atoms. The van der Waals surface area contributed by atoms with Crippen molar-refractivity contribution in [3.63, 3.8) is 0 Å². The molecule has 0 aromatic heterocycles. The minimum atomic E-state index is -0.724. The number of carbonyl (C=O) groups is 1. The first-order valence-electron chi connectivity index (χ1n) is 5.66. The fourth-order valence-corrected chi connectivity index (χ4v) is 1.88. The van der Waals surface area contributed by atoms with Crippen LogP contribution in [0, 0.1) is 11.8 Å². The molecule has 3 heteroatoms. The van der Waals surface area contributed by atoms with E-state index in [-0.39, 0.29) is 0 Å². The highest BCUT2D eigenvalue weighted by molar-refractivity contribution is 5.85. The molecule has 1 aromatic rings. The third-order valence-electron chi connectivity index (χ3n) is 3.07. The van der Waals surface area contributed by atoms with Crippen LogP contribution in [0.1, 0.15) is 24.0 Å². The summed E-state index contributed by atoms with van der Waals surface area (Å²) in [5, 5.41) is 12.2. The molecular formula is C14H15NO2. The van der Waals surface area contributed by atoms with Crippen LogP contribution in [0.25, 0.3) is 0 Å². The smallest absolute Gasteiger partial charge is 0.314 e. The predicted octanol–water partition coefficient (Wildman–Crippen LogP) is 1.37. The molecule has 1 fully saturated rings. The predicted molar refractivity (Wildman–Crippen MR) is 65.8 cm³/mol. The molecule has 0 unspecified atom stereocenters. The number of carboxylic acids is 1. The summed E-state index contributed by atoms with van der Waals surface area (Å²) in [7, 11) is 1.84. The number of aliphatic carboxylic acids is 1. The van der Waals surface area contributed by atoms with Gasteiger partial charge >= 0.3 is 5.97 Å². The van der Waals surface area contributed by atoms with Crippen molar-refractivity contribution >= 4 is 5.97 Å². The Kier molecular flexibility index (Phi) is 3.16. The lowest BCUT2D eigenvalue weighted by Gasteiger charge is -2.09. The van der Waals surface area contributed by atoms with Crippen LogP contribution in [0.2, 0.25) is 0 Å². The Balaban J connectivity index is 2.24. The van der Waals surface area contributed by atoms with E-state index >= 15 is 0 Å². The molecule has 1 saturated carbocycles. The molecule has 0 bridgehead atoms. The maximum Gasteiger partial charge on any atom is 0.314 e. The minimum absolute atomic E-state index is 0.633. The molecule has 0 saturated heterocycles. The average molecular weight is 229 g/mol. The zero-order chi connectivity index (χ0) is 12.3. The molecule has 0 aliphatic heterocycles. The van der Waals surface area contributed by atoms with Crippen LogP contribution in [-0.2, 0) is 10.2 Å². The van der Waals surface area contributed by atoms with Crippen molar-refractivity contribution in [2.75, 3.05) is 13.6 Å². The van der Waals surface area contributed by atoms with E-state index in [1.54, 1.807) is 0 Å². The molecule has 1 aliphatic carbocycles. The second kappa shape index (κ2) is 4.60. The number of hydrogen-bond donors (Lipinski definition) is 2. The summed E-state index contributed by atoms with van der Waals surface area (Å²) >= 11 is 0. The summed E-state index contributed by atoms with van der Waals surface area (Å²) in [5.41, 5.74) is 1.12. The van der Waals surface area contributed by atoms with Crippen LogP contribution < -0.4 is 5.32 Å². The van der Waals surface area contributed by atoms with Gasteiger partial charge in [-0.15, -0.1) is 0 Å². The SMILES string of the molecule is CNCC#Cc1cccc(C2(C(=O)O)CC2)c1. The second-order valence-electron chi connectivity index (χ2n) is 4.30. The van der Waals surface area contributed by atoms with Crippen LogP contribution in [0.5, 0.6) is 0 Å². The quantitative estimate of drug-likeness (QED) is 0.770. The standard InChI is InChI=1S/C14H15NO2/c1-15-9-3-5-11-4-2-6-12(10-11)14(7-8-14)13(16)17/h2,4,6,10,15H,7-9H2,1H3,(H,16,17). The van der Waals surface area contributed by atoms with Gasteiger partial charge in [0.1, 0.15) is 0 Å². The van der Waals surface area contributed by atoms with Crippen LogP contribution in [0.15, 0.2) is 24.3 Å². The van der Waals surface area contributed by atoms with Gasteiger partial charge in [0, 0.05) is 5.56 Å². The van der Waals surface area contributed by atoms with Crippen molar-refractivity contribution in [3.8, 4) is 11.8 Å². The Morgan fingerprint density at radius 1 is 1.53 bits per heavy atom. The van der Waals surface area contributed by atoms with Gasteiger partial charge in [0.15, 0.2) is 0 Å². The zero-order valence-electron chi connectivity index (χ0n) is 9.79. The van der Waals surface area contributed by atoms with Crippen LogP contribution in [0.3, 0.4) is 0 Å². The number of rotatable bonds is 3. The number of carboxylic acid groups (broad SMARTS) is 1. The average Bonchev–Trinajstić information content (AvgIpc) is 3.11. The first-order chi connectivity index (χ1) is 8.19. The summed E-state index contributed by atoms with van der Waals surface area (Å²) in [6.45, 7) is 0.633. The van der Waals surface area contributed by atoms with Crippen molar-refractivity contribution in [2.24, 2.45) is 0 Å². The van der Waals surface area contributed by atoms with E-state index in [2.05, 4.69) is 17.2 Å². The van der Waals surface area contributed by atoms with Crippen molar-refractivity contribution in [3.05, 3.63) is 35.4 Å². The van der Waals surface area contributed by atoms with Gasteiger partial charge in [-0.1, -0.05) is 24.0 Å². The summed E-state index contributed by atoms with van der Waals surface area (Å²) in [6, 6.07) is 7.56. The first kappa shape index (κ1) is 11.7. The largest absolute Gasteiger partial charge is 0.481 e. The zero-order valence-corrected chi connectivity index (χ0v) is 9.79. The Morgan fingerprint density at radius 3 is 2.88 bits per heavy atom. The van der Waals surface area contributed by atoms with E-state index in [0.717, 1.165) is 24.0 Å². The van der Waals surface area contributed by atoms with E-state index in [1.807, 2.05) is 31.3 Å². The van der Waals surface area contributed by atoms with Gasteiger partial charge in [0.25, 0.3) is 0 Å². The molecule has 0 spiro atoms. The topological polar surface area (TPSA) is 49.3 Å². The molecule has 0 atom stereocenters. The molecule has 2 N–H and O–H groups in total. The molecule has 88 valence electrons. The number of hydrogen-bond acceptors (Lipinski definition) is 2. The van der Waals surface area contributed by atoms with Gasteiger partial charge in [-0.25, -0.2) is 0 Å². The van der Waals surface area contributed by atoms with Gasteiger partial charge in [-0.2, -0.15) is 0 Å². The Labute approximate surface area is 101 Å². The van der Waals surface area contributed by atoms with Crippen molar-refractivity contribution < 1.29 is 9.90 Å². The van der Waals surface area contributed by atoms with E-state index in [9.17, 15) is 9.90 Å². The van der Waals surface area contributed by atoms with Crippen molar-refractivity contribution in [1.29, 1.82) is 0 Å². The third kappa shape index (κ3) is 2.32. The van der Waals surface area contributed by atoms with Gasteiger partial charge < -0.3 is 10.4 Å². The van der Waals surface area contributed by atoms with Gasteiger partial charge in [0.2, 0.25) is 0 Å². The van der Waals surface area contributed by atoms with E-state index in [1.165, 1.54) is 0 Å². The normalized spacial score (nSPS) is 15.8. The molecular weight excluding hydrogens is 214 g/mol. The number of benzene rings is 1. The van der Waals surface area contributed by atoms with Crippen molar-refractivity contribution in [2.45, 2.75) is 18.3 Å². The van der Waals surface area contributed by atoms with Gasteiger partial charge in [-0.3, -0.25) is 4.79 Å². The molecule has 1 aliphatic rings. The summed E-state index contributed by atoms with van der Waals surface area (Å²) in [4.78, 5) is 11.2. The lowest BCUT2D eigenvalue weighted by molar-refractivity contribution is -0.140. The van der Waals surface area contributed by atoms with Gasteiger partial charge in [0.05, 0.1) is 12.0 Å². The van der Waals surface area contributed by atoms with Crippen molar-refractivity contribution in [1.82, 2.24) is 5.32 Å². The van der Waals surface area contributed by atoms with Crippen LogP contribution >= 0.6 is 0 Å². The maximum atomic E-state index is 11.2. The van der Waals surface area contributed by atoms with E-state index < -0.39 is 11.4 Å².